The Hall–Kier alpha value is -1.53. The van der Waals surface area contributed by atoms with Gasteiger partial charge in [0.25, 0.3) is 0 Å². The van der Waals surface area contributed by atoms with E-state index in [2.05, 4.69) is 5.32 Å². The van der Waals surface area contributed by atoms with Crippen molar-refractivity contribution in [1.29, 1.82) is 0 Å². The Bertz CT molecular complexity index is 415. The van der Waals surface area contributed by atoms with Gasteiger partial charge in [0.2, 0.25) is 0 Å². The van der Waals surface area contributed by atoms with Crippen molar-refractivity contribution in [3.05, 3.63) is 0 Å². The fourth-order valence-corrected chi connectivity index (χ4v) is 2.02. The van der Waals surface area contributed by atoms with Gasteiger partial charge in [0.05, 0.1) is 12.6 Å². The van der Waals surface area contributed by atoms with Crippen LogP contribution in [-0.2, 0) is 9.47 Å². The van der Waals surface area contributed by atoms with Gasteiger partial charge in [0.1, 0.15) is 17.4 Å². The van der Waals surface area contributed by atoms with Crippen LogP contribution in [0.2, 0.25) is 0 Å². The van der Waals surface area contributed by atoms with Crippen molar-refractivity contribution in [2.45, 2.75) is 71.4 Å². The largest absolute Gasteiger partial charge is 0.444 e. The van der Waals surface area contributed by atoms with E-state index in [-0.39, 0.29) is 6.54 Å². The number of piperidine rings is 1. The highest BCUT2D eigenvalue weighted by molar-refractivity contribution is 5.69. The van der Waals surface area contributed by atoms with Gasteiger partial charge in [-0.3, -0.25) is 0 Å². The van der Waals surface area contributed by atoms with Gasteiger partial charge in [0, 0.05) is 6.54 Å². The molecule has 0 unspecified atom stereocenters. The summed E-state index contributed by atoms with van der Waals surface area (Å²) in [6.07, 6.45) is -2.22. The fraction of sp³-hybridized carbons (Fsp3) is 0.867. The van der Waals surface area contributed by atoms with E-state index < -0.39 is 35.6 Å². The Morgan fingerprint density at radius 3 is 2.09 bits per heavy atom. The van der Waals surface area contributed by atoms with Crippen LogP contribution in [0.4, 0.5) is 14.0 Å². The van der Waals surface area contributed by atoms with Gasteiger partial charge in [-0.2, -0.15) is 0 Å². The minimum absolute atomic E-state index is 0.102. The van der Waals surface area contributed by atoms with Crippen LogP contribution in [0.1, 0.15) is 48.0 Å². The Balaban J connectivity index is 2.49. The second-order valence-electron chi connectivity index (χ2n) is 7.48. The molecule has 0 saturated carbocycles. The van der Waals surface area contributed by atoms with E-state index in [1.54, 1.807) is 41.5 Å². The van der Waals surface area contributed by atoms with Crippen molar-refractivity contribution in [3.8, 4) is 0 Å². The molecule has 1 aliphatic heterocycles. The third kappa shape index (κ3) is 6.49. The van der Waals surface area contributed by atoms with Crippen molar-refractivity contribution in [2.24, 2.45) is 0 Å². The summed E-state index contributed by atoms with van der Waals surface area (Å²) in [5.41, 5.74) is -1.25. The van der Waals surface area contributed by atoms with Gasteiger partial charge in [-0.1, -0.05) is 0 Å². The maximum absolute atomic E-state index is 14.2. The maximum Gasteiger partial charge on any atom is 0.410 e. The van der Waals surface area contributed by atoms with Crippen LogP contribution < -0.4 is 5.32 Å². The second-order valence-corrected chi connectivity index (χ2v) is 7.48. The lowest BCUT2D eigenvalue weighted by molar-refractivity contribution is 0.00748. The average Bonchev–Trinajstić information content (AvgIpc) is 2.26. The number of ether oxygens (including phenoxy) is 2. The molecule has 1 N–H and O–H groups in total. The van der Waals surface area contributed by atoms with E-state index in [1.165, 1.54) is 4.90 Å². The molecule has 0 aliphatic carbocycles. The topological polar surface area (TPSA) is 67.9 Å². The van der Waals surface area contributed by atoms with Crippen LogP contribution in [0.3, 0.4) is 0 Å². The van der Waals surface area contributed by atoms with Gasteiger partial charge >= 0.3 is 12.2 Å². The number of alkyl carbamates (subject to hydrolysis) is 1. The molecule has 128 valence electrons. The normalized spacial score (nSPS) is 23.0. The Morgan fingerprint density at radius 2 is 1.64 bits per heavy atom. The molecule has 2 amide bonds. The van der Waals surface area contributed by atoms with E-state index in [9.17, 15) is 14.0 Å². The number of amides is 2. The van der Waals surface area contributed by atoms with Crippen molar-refractivity contribution >= 4 is 12.2 Å². The monoisotopic (exact) mass is 318 g/mol. The van der Waals surface area contributed by atoms with Crippen LogP contribution in [-0.4, -0.2) is 53.6 Å². The van der Waals surface area contributed by atoms with E-state index in [0.717, 1.165) is 0 Å². The van der Waals surface area contributed by atoms with E-state index >= 15 is 0 Å². The number of hydrogen-bond acceptors (Lipinski definition) is 4. The minimum atomic E-state index is -1.35. The number of carbonyl (C=O) groups excluding carboxylic acids is 2. The summed E-state index contributed by atoms with van der Waals surface area (Å²) >= 11 is 0. The molecule has 1 rings (SSSR count). The molecule has 2 atom stereocenters. The van der Waals surface area contributed by atoms with Crippen molar-refractivity contribution in [3.63, 3.8) is 0 Å². The predicted octanol–water partition coefficient (Wildman–Crippen LogP) is 2.86. The first-order chi connectivity index (χ1) is 9.87. The van der Waals surface area contributed by atoms with E-state index in [1.807, 2.05) is 0 Å². The Labute approximate surface area is 131 Å². The molecule has 6 nitrogen and oxygen atoms in total. The summed E-state index contributed by atoms with van der Waals surface area (Å²) in [4.78, 5) is 24.9. The Morgan fingerprint density at radius 1 is 1.09 bits per heavy atom. The molecule has 1 aliphatic rings. The minimum Gasteiger partial charge on any atom is -0.444 e. The summed E-state index contributed by atoms with van der Waals surface area (Å²) in [5.74, 6) is 0. The summed E-state index contributed by atoms with van der Waals surface area (Å²) < 4.78 is 24.5. The predicted molar refractivity (Wildman–Crippen MR) is 80.5 cm³/mol. The van der Waals surface area contributed by atoms with Crippen molar-refractivity contribution in [1.82, 2.24) is 10.2 Å². The maximum atomic E-state index is 14.2. The number of halogens is 1. The van der Waals surface area contributed by atoms with Crippen LogP contribution in [0.15, 0.2) is 0 Å². The lowest BCUT2D eigenvalue weighted by Gasteiger charge is -2.36. The fourth-order valence-electron chi connectivity index (χ4n) is 2.02. The average molecular weight is 318 g/mol. The lowest BCUT2D eigenvalue weighted by Crippen LogP contribution is -2.55. The number of nitrogens with zero attached hydrogens (tertiary/aromatic N) is 1. The third-order valence-electron chi connectivity index (χ3n) is 2.90. The summed E-state index contributed by atoms with van der Waals surface area (Å²) in [5, 5.41) is 2.52. The first kappa shape index (κ1) is 18.5. The second kappa shape index (κ2) is 6.71. The van der Waals surface area contributed by atoms with Crippen molar-refractivity contribution in [2.75, 3.05) is 13.1 Å². The molecule has 0 bridgehead atoms. The molecular weight excluding hydrogens is 291 g/mol. The van der Waals surface area contributed by atoms with Gasteiger partial charge in [0.15, 0.2) is 0 Å². The molecule has 1 heterocycles. The van der Waals surface area contributed by atoms with Crippen LogP contribution >= 0.6 is 0 Å². The van der Waals surface area contributed by atoms with E-state index in [0.29, 0.717) is 13.0 Å². The molecule has 0 radical (unpaired) electrons. The molecule has 7 heteroatoms. The summed E-state index contributed by atoms with van der Waals surface area (Å²) in [7, 11) is 0. The van der Waals surface area contributed by atoms with Crippen LogP contribution in [0.5, 0.6) is 0 Å². The number of carbonyl (C=O) groups is 2. The zero-order valence-corrected chi connectivity index (χ0v) is 14.2. The SMILES string of the molecule is CC(C)(C)OC(=O)N[C@@H]1CCN(C(=O)OC(C)(C)C)C[C@@H]1F. The van der Waals surface area contributed by atoms with Crippen LogP contribution in [0.25, 0.3) is 0 Å². The van der Waals surface area contributed by atoms with E-state index in [4.69, 9.17) is 9.47 Å². The zero-order chi connectivity index (χ0) is 17.1. The van der Waals surface area contributed by atoms with Crippen molar-refractivity contribution < 1.29 is 23.5 Å². The number of hydrogen-bond donors (Lipinski definition) is 1. The number of alkyl halides is 1. The smallest absolute Gasteiger partial charge is 0.410 e. The molecule has 0 aromatic heterocycles. The third-order valence-corrected chi connectivity index (χ3v) is 2.90. The molecule has 1 saturated heterocycles. The van der Waals surface area contributed by atoms with Gasteiger partial charge in [-0.25, -0.2) is 14.0 Å². The van der Waals surface area contributed by atoms with Gasteiger partial charge in [-0.15, -0.1) is 0 Å². The number of likely N-dealkylation sites (tertiary alicyclic amines) is 1. The standard InChI is InChI=1S/C15H27FN2O4/c1-14(2,3)21-12(19)17-11-7-8-18(9-10(11)16)13(20)22-15(4,5)6/h10-11H,7-9H2,1-6H3,(H,17,19)/t10-,11+/m0/s1. The summed E-state index contributed by atoms with van der Waals surface area (Å²) in [6, 6.07) is -0.659. The lowest BCUT2D eigenvalue weighted by atomic mass is 10.0. The quantitative estimate of drug-likeness (QED) is 0.807. The summed E-state index contributed by atoms with van der Waals surface area (Å²) in [6.45, 7) is 10.7. The zero-order valence-electron chi connectivity index (χ0n) is 14.2. The first-order valence-corrected chi connectivity index (χ1v) is 7.49. The first-order valence-electron chi connectivity index (χ1n) is 7.49. The molecule has 0 aromatic rings. The Kier molecular flexibility index (Phi) is 5.65. The molecule has 1 fully saturated rings. The van der Waals surface area contributed by atoms with Gasteiger partial charge in [-0.05, 0) is 48.0 Å². The van der Waals surface area contributed by atoms with Crippen LogP contribution in [0, 0.1) is 0 Å². The number of rotatable bonds is 1. The highest BCUT2D eigenvalue weighted by Gasteiger charge is 2.35. The van der Waals surface area contributed by atoms with Gasteiger partial charge < -0.3 is 19.7 Å². The highest BCUT2D eigenvalue weighted by atomic mass is 19.1. The molecule has 22 heavy (non-hydrogen) atoms. The molecule has 0 spiro atoms. The molecule has 0 aromatic carbocycles. The number of nitrogens with one attached hydrogen (secondary N) is 1. The molecular formula is C15H27FN2O4. The highest BCUT2D eigenvalue weighted by Crippen LogP contribution is 2.18.